The highest BCUT2D eigenvalue weighted by Crippen LogP contribution is 2.66. The second-order valence-electron chi connectivity index (χ2n) is 9.86. The normalized spacial score (nSPS) is 52.3. The van der Waals surface area contributed by atoms with Crippen LogP contribution in [0.25, 0.3) is 0 Å². The van der Waals surface area contributed by atoms with E-state index in [0.29, 0.717) is 23.5 Å². The molecule has 148 valence electrons. The molecule has 0 radical (unpaired) electrons. The first-order valence-corrected chi connectivity index (χ1v) is 10.6. The molecule has 4 aliphatic carbocycles. The summed E-state index contributed by atoms with van der Waals surface area (Å²) in [6, 6.07) is 0. The third kappa shape index (κ3) is 2.58. The minimum absolute atomic E-state index is 0.158. The number of fused-ring (bicyclic) bond motifs is 5. The van der Waals surface area contributed by atoms with Crippen molar-refractivity contribution >= 4 is 5.71 Å². The van der Waals surface area contributed by atoms with E-state index < -0.39 is 0 Å². The lowest BCUT2D eigenvalue weighted by molar-refractivity contribution is -0.174. The van der Waals surface area contributed by atoms with Crippen LogP contribution in [0.3, 0.4) is 0 Å². The Morgan fingerprint density at radius 2 is 1.81 bits per heavy atom. The van der Waals surface area contributed by atoms with Crippen molar-refractivity contribution in [2.24, 2.45) is 39.7 Å². The highest BCUT2D eigenvalue weighted by molar-refractivity contribution is 5.92. The molecular formula is C22H37NO3. The number of rotatable bonds is 3. The van der Waals surface area contributed by atoms with Gasteiger partial charge in [0.2, 0.25) is 0 Å². The zero-order valence-corrected chi connectivity index (χ0v) is 17.3. The van der Waals surface area contributed by atoms with Gasteiger partial charge in [-0.1, -0.05) is 19.0 Å². The molecule has 4 rings (SSSR count). The molecule has 4 saturated carbocycles. The fourth-order valence-corrected chi connectivity index (χ4v) is 7.80. The van der Waals surface area contributed by atoms with Gasteiger partial charge in [0.1, 0.15) is 7.11 Å². The summed E-state index contributed by atoms with van der Waals surface area (Å²) < 4.78 is 11.9. The Labute approximate surface area is 159 Å². The van der Waals surface area contributed by atoms with Gasteiger partial charge in [-0.05, 0) is 80.5 Å². The second kappa shape index (κ2) is 6.77. The lowest BCUT2D eigenvalue weighted by Crippen LogP contribution is -2.59. The van der Waals surface area contributed by atoms with Crippen LogP contribution in [-0.4, -0.2) is 39.2 Å². The molecule has 0 aliphatic heterocycles. The van der Waals surface area contributed by atoms with Gasteiger partial charge in [0.05, 0.1) is 17.9 Å². The van der Waals surface area contributed by atoms with Gasteiger partial charge in [-0.3, -0.25) is 0 Å². The van der Waals surface area contributed by atoms with Crippen LogP contribution in [0.4, 0.5) is 0 Å². The fraction of sp³-hybridized carbons (Fsp3) is 0.955. The molecule has 4 nitrogen and oxygen atoms in total. The van der Waals surface area contributed by atoms with Crippen molar-refractivity contribution in [2.45, 2.75) is 77.4 Å². The van der Waals surface area contributed by atoms with Crippen LogP contribution >= 0.6 is 0 Å². The summed E-state index contributed by atoms with van der Waals surface area (Å²) in [4.78, 5) is 5.21. The molecule has 0 N–H and O–H groups in total. The summed E-state index contributed by atoms with van der Waals surface area (Å²) in [6.07, 6.45) is 10.7. The van der Waals surface area contributed by atoms with Crippen molar-refractivity contribution in [1.29, 1.82) is 0 Å². The monoisotopic (exact) mass is 363 g/mol. The van der Waals surface area contributed by atoms with E-state index >= 15 is 0 Å². The van der Waals surface area contributed by atoms with Crippen molar-refractivity contribution in [2.75, 3.05) is 21.3 Å². The van der Waals surface area contributed by atoms with E-state index in [0.717, 1.165) is 30.6 Å². The highest BCUT2D eigenvalue weighted by Gasteiger charge is 2.63. The summed E-state index contributed by atoms with van der Waals surface area (Å²) in [5, 5.41) is 4.45. The van der Waals surface area contributed by atoms with Crippen LogP contribution in [-0.2, 0) is 14.3 Å². The first kappa shape index (κ1) is 18.7. The molecule has 26 heavy (non-hydrogen) atoms. The van der Waals surface area contributed by atoms with Gasteiger partial charge in [0, 0.05) is 19.6 Å². The van der Waals surface area contributed by atoms with Crippen molar-refractivity contribution in [3.8, 4) is 0 Å². The molecule has 0 spiro atoms. The van der Waals surface area contributed by atoms with Gasteiger partial charge in [-0.2, -0.15) is 0 Å². The largest absolute Gasteiger partial charge is 0.399 e. The number of nitrogens with zero attached hydrogens (tertiary/aromatic N) is 1. The molecule has 8 atom stereocenters. The zero-order valence-electron chi connectivity index (χ0n) is 17.3. The Morgan fingerprint density at radius 1 is 1.00 bits per heavy atom. The van der Waals surface area contributed by atoms with Gasteiger partial charge in [-0.25, -0.2) is 0 Å². The Kier molecular flexibility index (Phi) is 4.88. The number of hydrogen-bond donors (Lipinski definition) is 0. The molecule has 0 saturated heterocycles. The molecule has 0 heterocycles. The standard InChI is InChI=1S/C22H37NO3/c1-21-11-10-15(24-3)12-14(21)6-7-16-17-8-9-19(23-26-5)22(17,2)13-18(25-4)20(16)21/h14-18,20H,6-13H2,1-5H3/b23-19+/t14-,15+,16-,17-,18-,20+,21-,22-/m0/s1. The maximum absolute atomic E-state index is 6.20. The number of oxime groups is 1. The van der Waals surface area contributed by atoms with Gasteiger partial charge in [0.15, 0.2) is 0 Å². The first-order chi connectivity index (χ1) is 12.5. The van der Waals surface area contributed by atoms with E-state index in [9.17, 15) is 0 Å². The topological polar surface area (TPSA) is 40.0 Å². The van der Waals surface area contributed by atoms with Crippen LogP contribution in [0.2, 0.25) is 0 Å². The lowest BCUT2D eigenvalue weighted by atomic mass is 9.44. The molecule has 0 aromatic rings. The summed E-state index contributed by atoms with van der Waals surface area (Å²) in [5.74, 6) is 2.98. The van der Waals surface area contributed by atoms with Gasteiger partial charge < -0.3 is 14.3 Å². The molecule has 0 unspecified atom stereocenters. The minimum Gasteiger partial charge on any atom is -0.399 e. The van der Waals surface area contributed by atoms with Crippen molar-refractivity contribution < 1.29 is 14.3 Å². The van der Waals surface area contributed by atoms with Crippen LogP contribution in [0.15, 0.2) is 5.16 Å². The smallest absolute Gasteiger partial charge is 0.106 e. The first-order valence-electron chi connectivity index (χ1n) is 10.6. The Bertz CT molecular complexity index is 564. The van der Waals surface area contributed by atoms with E-state index in [2.05, 4.69) is 19.0 Å². The van der Waals surface area contributed by atoms with E-state index in [4.69, 9.17) is 14.3 Å². The van der Waals surface area contributed by atoms with E-state index in [-0.39, 0.29) is 5.41 Å². The summed E-state index contributed by atoms with van der Waals surface area (Å²) in [6.45, 7) is 5.01. The maximum Gasteiger partial charge on any atom is 0.106 e. The second-order valence-corrected chi connectivity index (χ2v) is 9.86. The predicted octanol–water partition coefficient (Wildman–Crippen LogP) is 4.67. The Hall–Kier alpha value is -0.610. The summed E-state index contributed by atoms with van der Waals surface area (Å²) in [5.41, 5.74) is 1.84. The van der Waals surface area contributed by atoms with Gasteiger partial charge in [-0.15, -0.1) is 0 Å². The van der Waals surface area contributed by atoms with E-state index in [1.807, 2.05) is 14.2 Å². The highest BCUT2D eigenvalue weighted by atomic mass is 16.6. The van der Waals surface area contributed by atoms with Crippen molar-refractivity contribution in [3.63, 3.8) is 0 Å². The molecule has 4 heteroatoms. The molecule has 0 bridgehead atoms. The van der Waals surface area contributed by atoms with Crippen LogP contribution in [0.1, 0.15) is 65.2 Å². The average molecular weight is 364 g/mol. The number of hydrogen-bond acceptors (Lipinski definition) is 4. The Morgan fingerprint density at radius 3 is 2.50 bits per heavy atom. The van der Waals surface area contributed by atoms with Crippen LogP contribution in [0, 0.1) is 34.5 Å². The third-order valence-electron chi connectivity index (χ3n) is 9.11. The molecule has 0 aromatic carbocycles. The van der Waals surface area contributed by atoms with Gasteiger partial charge >= 0.3 is 0 Å². The summed E-state index contributed by atoms with van der Waals surface area (Å²) in [7, 11) is 5.50. The SMILES string of the molecule is CO/N=C1\CC[C@H]2[C@@H]3CC[C@H]4C[C@H](OC)CC[C@]4(C)[C@H]3[C@@H](OC)C[C@]12C. The quantitative estimate of drug-likeness (QED) is 0.684. The Balaban J connectivity index is 1.67. The third-order valence-corrected chi connectivity index (χ3v) is 9.11. The summed E-state index contributed by atoms with van der Waals surface area (Å²) >= 11 is 0. The average Bonchev–Trinajstić information content (AvgIpc) is 2.97. The minimum atomic E-state index is 0.158. The van der Waals surface area contributed by atoms with E-state index in [1.54, 1.807) is 7.11 Å². The van der Waals surface area contributed by atoms with Gasteiger partial charge in [0.25, 0.3) is 0 Å². The van der Waals surface area contributed by atoms with Crippen LogP contribution < -0.4 is 0 Å². The molecular weight excluding hydrogens is 326 g/mol. The zero-order chi connectivity index (χ0) is 18.5. The molecule has 4 fully saturated rings. The lowest BCUT2D eigenvalue weighted by Gasteiger charge is -2.62. The van der Waals surface area contributed by atoms with Crippen molar-refractivity contribution in [3.05, 3.63) is 0 Å². The number of ether oxygens (including phenoxy) is 2. The molecule has 0 aromatic heterocycles. The van der Waals surface area contributed by atoms with Crippen molar-refractivity contribution in [1.82, 2.24) is 0 Å². The van der Waals surface area contributed by atoms with Crippen LogP contribution in [0.5, 0.6) is 0 Å². The molecule has 4 aliphatic rings. The number of methoxy groups -OCH3 is 2. The maximum atomic E-state index is 6.20. The van der Waals surface area contributed by atoms with E-state index in [1.165, 1.54) is 44.2 Å². The predicted molar refractivity (Wildman–Crippen MR) is 103 cm³/mol. The fourth-order valence-electron chi connectivity index (χ4n) is 7.80. The molecule has 0 amide bonds.